The third-order valence-electron chi connectivity index (χ3n) is 7.76. The van der Waals surface area contributed by atoms with Crippen LogP contribution in [0.4, 0.5) is 0 Å². The van der Waals surface area contributed by atoms with Gasteiger partial charge >= 0.3 is 25.7 Å². The summed E-state index contributed by atoms with van der Waals surface area (Å²) in [6, 6.07) is -1.52. The summed E-state index contributed by atoms with van der Waals surface area (Å²) < 4.78 is 32.3. The maximum absolute atomic E-state index is 12.5. The molecule has 47 heavy (non-hydrogen) atoms. The van der Waals surface area contributed by atoms with Crippen molar-refractivity contribution in [2.75, 3.05) is 19.8 Å². The summed E-state index contributed by atoms with van der Waals surface area (Å²) in [6.07, 6.45) is 27.6. The standard InChI is InChI=1S/C35H66NO10P/c1-3-5-7-9-10-11-12-13-14-15-16-17-18-19-20-21-23-25-27-34(38)46-31(28-43-33(37)26-24-22-8-6-4-2)29-44-47(41,42)45-30-32(36)35(39)40/h14-15,31-32H,3-13,16-30,36H2,1-2H3,(H,39,40)(H,41,42)/b15-14-. The number of esters is 2. The average molecular weight is 692 g/mol. The molecule has 0 saturated carbocycles. The minimum Gasteiger partial charge on any atom is -0.480 e. The van der Waals surface area contributed by atoms with E-state index in [0.29, 0.717) is 12.8 Å². The van der Waals surface area contributed by atoms with Gasteiger partial charge in [-0.05, 0) is 38.5 Å². The molecular weight excluding hydrogens is 625 g/mol. The van der Waals surface area contributed by atoms with Gasteiger partial charge in [0, 0.05) is 12.8 Å². The molecule has 0 aliphatic carbocycles. The number of rotatable bonds is 34. The van der Waals surface area contributed by atoms with Crippen LogP contribution in [0, 0.1) is 0 Å². The predicted molar refractivity (Wildman–Crippen MR) is 185 cm³/mol. The van der Waals surface area contributed by atoms with Crippen molar-refractivity contribution >= 4 is 25.7 Å². The molecule has 0 aromatic carbocycles. The molecule has 0 aliphatic rings. The minimum absolute atomic E-state index is 0.159. The molecule has 0 fully saturated rings. The Hall–Kier alpha value is -1.78. The van der Waals surface area contributed by atoms with Crippen LogP contribution in [0.25, 0.3) is 0 Å². The molecule has 0 aliphatic heterocycles. The molecule has 0 bridgehead atoms. The maximum atomic E-state index is 12.5. The highest BCUT2D eigenvalue weighted by molar-refractivity contribution is 7.47. The molecule has 4 N–H and O–H groups in total. The molecule has 3 atom stereocenters. The van der Waals surface area contributed by atoms with Crippen LogP contribution in [-0.2, 0) is 37.5 Å². The number of carbonyl (C=O) groups excluding carboxylic acids is 2. The lowest BCUT2D eigenvalue weighted by molar-refractivity contribution is -0.161. The van der Waals surface area contributed by atoms with E-state index in [1.165, 1.54) is 70.6 Å². The van der Waals surface area contributed by atoms with Crippen LogP contribution in [0.5, 0.6) is 0 Å². The molecule has 0 aromatic heterocycles. The third-order valence-corrected chi connectivity index (χ3v) is 8.71. The zero-order valence-electron chi connectivity index (χ0n) is 29.4. The Morgan fingerprint density at radius 1 is 0.638 bits per heavy atom. The van der Waals surface area contributed by atoms with Gasteiger partial charge in [0.1, 0.15) is 12.6 Å². The van der Waals surface area contributed by atoms with Gasteiger partial charge in [0.25, 0.3) is 0 Å². The Balaban J connectivity index is 4.28. The lowest BCUT2D eigenvalue weighted by Gasteiger charge is -2.20. The number of phosphoric acid groups is 1. The normalized spacial score (nSPS) is 14.1. The number of phosphoric ester groups is 1. The molecule has 0 spiro atoms. The SMILES string of the molecule is CCCCCCCCC/C=C\CCCCCCCCCC(=O)OC(COC(=O)CCCCCCC)COP(=O)(O)OCC(N)C(=O)O. The second-order valence-electron chi connectivity index (χ2n) is 12.4. The van der Waals surface area contributed by atoms with E-state index in [4.69, 9.17) is 24.8 Å². The zero-order valence-corrected chi connectivity index (χ0v) is 30.3. The van der Waals surface area contributed by atoms with Gasteiger partial charge in [-0.2, -0.15) is 0 Å². The van der Waals surface area contributed by atoms with Crippen LogP contribution >= 0.6 is 7.82 Å². The van der Waals surface area contributed by atoms with Gasteiger partial charge in [-0.3, -0.25) is 23.4 Å². The Bertz CT molecular complexity index is 869. The van der Waals surface area contributed by atoms with Crippen LogP contribution in [0.1, 0.15) is 162 Å². The summed E-state index contributed by atoms with van der Waals surface area (Å²) in [7, 11) is -4.69. The highest BCUT2D eigenvalue weighted by Crippen LogP contribution is 2.43. The lowest BCUT2D eigenvalue weighted by Crippen LogP contribution is -2.34. The van der Waals surface area contributed by atoms with Crippen LogP contribution in [0.3, 0.4) is 0 Å². The summed E-state index contributed by atoms with van der Waals surface area (Å²) in [5.74, 6) is -2.40. The number of hydrogen-bond acceptors (Lipinski definition) is 9. The summed E-state index contributed by atoms with van der Waals surface area (Å²) in [4.78, 5) is 45.3. The highest BCUT2D eigenvalue weighted by atomic mass is 31.2. The number of allylic oxidation sites excluding steroid dienone is 2. The Morgan fingerprint density at radius 3 is 1.55 bits per heavy atom. The zero-order chi connectivity index (χ0) is 35.0. The number of carbonyl (C=O) groups is 3. The Labute approximate surface area is 284 Å². The van der Waals surface area contributed by atoms with Crippen molar-refractivity contribution in [2.24, 2.45) is 5.73 Å². The fraction of sp³-hybridized carbons (Fsp3) is 0.857. The van der Waals surface area contributed by atoms with E-state index < -0.39 is 51.1 Å². The topological polar surface area (TPSA) is 172 Å². The van der Waals surface area contributed by atoms with E-state index in [1.54, 1.807) is 0 Å². The molecule has 0 radical (unpaired) electrons. The minimum atomic E-state index is -4.69. The van der Waals surface area contributed by atoms with E-state index >= 15 is 0 Å². The van der Waals surface area contributed by atoms with Crippen LogP contribution in [0.15, 0.2) is 12.2 Å². The van der Waals surface area contributed by atoms with Crippen LogP contribution in [-0.4, -0.2) is 59.9 Å². The molecule has 0 amide bonds. The smallest absolute Gasteiger partial charge is 0.472 e. The molecule has 0 rings (SSSR count). The fourth-order valence-corrected chi connectivity index (χ4v) is 5.60. The highest BCUT2D eigenvalue weighted by Gasteiger charge is 2.28. The van der Waals surface area contributed by atoms with Gasteiger partial charge in [-0.1, -0.05) is 122 Å². The van der Waals surface area contributed by atoms with Crippen molar-refractivity contribution in [3.8, 4) is 0 Å². The first kappa shape index (κ1) is 45.2. The number of aliphatic carboxylic acids is 1. The van der Waals surface area contributed by atoms with Gasteiger partial charge < -0.3 is 25.2 Å². The quantitative estimate of drug-likeness (QED) is 0.0255. The maximum Gasteiger partial charge on any atom is 0.472 e. The number of carboxylic acid groups (broad SMARTS) is 1. The Morgan fingerprint density at radius 2 is 1.06 bits per heavy atom. The summed E-state index contributed by atoms with van der Waals surface area (Å²) in [6.45, 7) is 2.67. The number of nitrogens with two attached hydrogens (primary N) is 1. The van der Waals surface area contributed by atoms with Gasteiger partial charge in [0.05, 0.1) is 13.2 Å². The van der Waals surface area contributed by atoms with Crippen molar-refractivity contribution in [2.45, 2.75) is 174 Å². The van der Waals surface area contributed by atoms with Crippen molar-refractivity contribution < 1.29 is 47.5 Å². The predicted octanol–water partition coefficient (Wildman–Crippen LogP) is 8.56. The van der Waals surface area contributed by atoms with Gasteiger partial charge in [0.15, 0.2) is 6.10 Å². The Kier molecular flexibility index (Phi) is 30.3. The molecule has 276 valence electrons. The number of ether oxygens (including phenoxy) is 2. The lowest BCUT2D eigenvalue weighted by atomic mass is 10.1. The first-order chi connectivity index (χ1) is 22.6. The summed E-state index contributed by atoms with van der Waals surface area (Å²) in [5.41, 5.74) is 5.29. The van der Waals surface area contributed by atoms with E-state index in [0.717, 1.165) is 51.4 Å². The number of hydrogen-bond donors (Lipinski definition) is 3. The van der Waals surface area contributed by atoms with Gasteiger partial charge in [0.2, 0.25) is 0 Å². The van der Waals surface area contributed by atoms with E-state index in [-0.39, 0.29) is 19.4 Å². The van der Waals surface area contributed by atoms with E-state index in [2.05, 4.69) is 30.5 Å². The first-order valence-corrected chi connectivity index (χ1v) is 19.7. The second kappa shape index (κ2) is 31.5. The monoisotopic (exact) mass is 691 g/mol. The number of unbranched alkanes of at least 4 members (excludes halogenated alkanes) is 18. The molecule has 0 aromatic rings. The summed E-state index contributed by atoms with van der Waals surface area (Å²) in [5, 5.41) is 8.82. The van der Waals surface area contributed by atoms with Crippen molar-refractivity contribution in [3.63, 3.8) is 0 Å². The molecular formula is C35H66NO10P. The summed E-state index contributed by atoms with van der Waals surface area (Å²) >= 11 is 0. The van der Waals surface area contributed by atoms with E-state index in [9.17, 15) is 23.8 Å². The third kappa shape index (κ3) is 31.3. The van der Waals surface area contributed by atoms with Crippen LogP contribution < -0.4 is 5.73 Å². The number of carboxylic acids is 1. The van der Waals surface area contributed by atoms with Crippen molar-refractivity contribution in [3.05, 3.63) is 12.2 Å². The van der Waals surface area contributed by atoms with Gasteiger partial charge in [-0.25, -0.2) is 4.57 Å². The molecule has 0 saturated heterocycles. The molecule has 3 unspecified atom stereocenters. The van der Waals surface area contributed by atoms with E-state index in [1.807, 2.05) is 0 Å². The molecule has 11 nitrogen and oxygen atoms in total. The van der Waals surface area contributed by atoms with Crippen LogP contribution in [0.2, 0.25) is 0 Å². The first-order valence-electron chi connectivity index (χ1n) is 18.2. The molecule has 12 heteroatoms. The second-order valence-corrected chi connectivity index (χ2v) is 13.8. The van der Waals surface area contributed by atoms with Crippen molar-refractivity contribution in [1.29, 1.82) is 0 Å². The average Bonchev–Trinajstić information content (AvgIpc) is 3.04. The fourth-order valence-electron chi connectivity index (χ4n) is 4.82. The van der Waals surface area contributed by atoms with Crippen molar-refractivity contribution in [1.82, 2.24) is 0 Å². The largest absolute Gasteiger partial charge is 0.480 e. The van der Waals surface area contributed by atoms with Gasteiger partial charge in [-0.15, -0.1) is 0 Å². The molecule has 0 heterocycles.